The van der Waals surface area contributed by atoms with Crippen LogP contribution in [-0.4, -0.2) is 25.0 Å². The van der Waals surface area contributed by atoms with Gasteiger partial charge < -0.3 is 10.5 Å². The number of Topliss-reactive ketones (excluding diaryl/α,β-unsaturated/α-hetero) is 1. The summed E-state index contributed by atoms with van der Waals surface area (Å²) in [6, 6.07) is 0.252. The van der Waals surface area contributed by atoms with Gasteiger partial charge >= 0.3 is 0 Å². The van der Waals surface area contributed by atoms with E-state index < -0.39 is 0 Å². The molecule has 0 amide bonds. The molecular weight excluding hydrogens is 190 g/mol. The van der Waals surface area contributed by atoms with Crippen molar-refractivity contribution >= 4 is 5.78 Å². The van der Waals surface area contributed by atoms with Crippen LogP contribution in [0.15, 0.2) is 0 Å². The smallest absolute Gasteiger partial charge is 0.141 e. The SMILES string of the molecule is CC(N)CCCC(C)C(=O)C1CCOC1. The molecule has 0 saturated carbocycles. The number of hydrogen-bond donors (Lipinski definition) is 1. The van der Waals surface area contributed by atoms with E-state index in [0.717, 1.165) is 32.3 Å². The highest BCUT2D eigenvalue weighted by molar-refractivity contribution is 5.83. The third-order valence-electron chi connectivity index (χ3n) is 3.11. The van der Waals surface area contributed by atoms with Crippen molar-refractivity contribution in [1.82, 2.24) is 0 Å². The molecule has 1 aliphatic heterocycles. The Labute approximate surface area is 92.4 Å². The molecule has 2 N–H and O–H groups in total. The molecule has 88 valence electrons. The molecule has 0 radical (unpaired) electrons. The number of rotatable bonds is 6. The molecule has 0 spiro atoms. The monoisotopic (exact) mass is 213 g/mol. The predicted molar refractivity (Wildman–Crippen MR) is 60.6 cm³/mol. The molecule has 15 heavy (non-hydrogen) atoms. The van der Waals surface area contributed by atoms with Crippen LogP contribution in [0.2, 0.25) is 0 Å². The number of carbonyl (C=O) groups is 1. The van der Waals surface area contributed by atoms with Crippen molar-refractivity contribution in [3.63, 3.8) is 0 Å². The molecule has 0 aromatic carbocycles. The van der Waals surface area contributed by atoms with E-state index in [9.17, 15) is 4.79 Å². The zero-order chi connectivity index (χ0) is 11.3. The molecular formula is C12H23NO2. The number of hydrogen-bond acceptors (Lipinski definition) is 3. The zero-order valence-electron chi connectivity index (χ0n) is 9.87. The Hall–Kier alpha value is -0.410. The molecule has 0 aromatic heterocycles. The van der Waals surface area contributed by atoms with E-state index in [0.29, 0.717) is 12.4 Å². The maximum atomic E-state index is 11.9. The maximum Gasteiger partial charge on any atom is 0.141 e. The first-order valence-corrected chi connectivity index (χ1v) is 5.98. The topological polar surface area (TPSA) is 52.3 Å². The summed E-state index contributed by atoms with van der Waals surface area (Å²) in [4.78, 5) is 11.9. The normalized spacial score (nSPS) is 25.1. The Morgan fingerprint density at radius 2 is 2.20 bits per heavy atom. The van der Waals surface area contributed by atoms with Gasteiger partial charge in [0.05, 0.1) is 6.61 Å². The Morgan fingerprint density at radius 1 is 1.47 bits per heavy atom. The van der Waals surface area contributed by atoms with E-state index >= 15 is 0 Å². The lowest BCUT2D eigenvalue weighted by Crippen LogP contribution is -2.22. The van der Waals surface area contributed by atoms with Crippen molar-refractivity contribution in [3.8, 4) is 0 Å². The Morgan fingerprint density at radius 3 is 2.73 bits per heavy atom. The summed E-state index contributed by atoms with van der Waals surface area (Å²) in [7, 11) is 0. The van der Waals surface area contributed by atoms with Crippen molar-refractivity contribution < 1.29 is 9.53 Å². The maximum absolute atomic E-state index is 11.9. The van der Waals surface area contributed by atoms with Crippen LogP contribution in [0.5, 0.6) is 0 Å². The van der Waals surface area contributed by atoms with Gasteiger partial charge in [0.15, 0.2) is 0 Å². The number of carbonyl (C=O) groups excluding carboxylic acids is 1. The van der Waals surface area contributed by atoms with Crippen molar-refractivity contribution in [2.45, 2.75) is 45.6 Å². The molecule has 1 fully saturated rings. The van der Waals surface area contributed by atoms with Crippen molar-refractivity contribution in [2.24, 2.45) is 17.6 Å². The standard InChI is InChI=1S/C12H23NO2/c1-9(4-3-5-10(2)13)12(14)11-6-7-15-8-11/h9-11H,3-8,13H2,1-2H3. The zero-order valence-corrected chi connectivity index (χ0v) is 9.87. The van der Waals surface area contributed by atoms with Gasteiger partial charge in [0, 0.05) is 24.5 Å². The second-order valence-corrected chi connectivity index (χ2v) is 4.77. The van der Waals surface area contributed by atoms with Gasteiger partial charge in [0.2, 0.25) is 0 Å². The van der Waals surface area contributed by atoms with Crippen LogP contribution in [0.4, 0.5) is 0 Å². The van der Waals surface area contributed by atoms with E-state index in [4.69, 9.17) is 10.5 Å². The molecule has 1 saturated heterocycles. The van der Waals surface area contributed by atoms with Crippen LogP contribution < -0.4 is 5.73 Å². The minimum atomic E-state index is 0.162. The Bertz CT molecular complexity index is 198. The first kappa shape index (κ1) is 12.7. The minimum Gasteiger partial charge on any atom is -0.381 e. The summed E-state index contributed by atoms with van der Waals surface area (Å²) in [6.07, 6.45) is 3.95. The van der Waals surface area contributed by atoms with Crippen LogP contribution in [0, 0.1) is 11.8 Å². The van der Waals surface area contributed by atoms with Crippen LogP contribution in [0.1, 0.15) is 39.5 Å². The van der Waals surface area contributed by atoms with Crippen molar-refractivity contribution in [2.75, 3.05) is 13.2 Å². The Kier molecular flexibility index (Phi) is 5.26. The van der Waals surface area contributed by atoms with Crippen LogP contribution >= 0.6 is 0 Å². The van der Waals surface area contributed by atoms with Crippen LogP contribution in [-0.2, 0) is 9.53 Å². The van der Waals surface area contributed by atoms with Crippen molar-refractivity contribution in [1.29, 1.82) is 0 Å². The highest BCUT2D eigenvalue weighted by Gasteiger charge is 2.26. The van der Waals surface area contributed by atoms with E-state index in [1.165, 1.54) is 0 Å². The van der Waals surface area contributed by atoms with Gasteiger partial charge in [-0.05, 0) is 26.2 Å². The van der Waals surface area contributed by atoms with Gasteiger partial charge in [-0.3, -0.25) is 4.79 Å². The summed E-state index contributed by atoms with van der Waals surface area (Å²) < 4.78 is 5.23. The highest BCUT2D eigenvalue weighted by Crippen LogP contribution is 2.21. The molecule has 3 heteroatoms. The fraction of sp³-hybridized carbons (Fsp3) is 0.917. The van der Waals surface area contributed by atoms with Gasteiger partial charge in [-0.1, -0.05) is 13.3 Å². The Balaban J connectivity index is 2.20. The van der Waals surface area contributed by atoms with Gasteiger partial charge in [0.25, 0.3) is 0 Å². The second kappa shape index (κ2) is 6.23. The lowest BCUT2D eigenvalue weighted by atomic mass is 9.89. The highest BCUT2D eigenvalue weighted by atomic mass is 16.5. The van der Waals surface area contributed by atoms with E-state index in [1.807, 2.05) is 13.8 Å². The lowest BCUT2D eigenvalue weighted by Gasteiger charge is -2.14. The van der Waals surface area contributed by atoms with Gasteiger partial charge in [-0.25, -0.2) is 0 Å². The average Bonchev–Trinajstić information content (AvgIpc) is 2.68. The largest absolute Gasteiger partial charge is 0.381 e. The van der Waals surface area contributed by atoms with Gasteiger partial charge in [-0.2, -0.15) is 0 Å². The summed E-state index contributed by atoms with van der Waals surface area (Å²) in [6.45, 7) is 5.43. The summed E-state index contributed by atoms with van der Waals surface area (Å²) in [5, 5.41) is 0. The van der Waals surface area contributed by atoms with Crippen LogP contribution in [0.25, 0.3) is 0 Å². The minimum absolute atomic E-state index is 0.162. The molecule has 1 rings (SSSR count). The molecule has 0 aromatic rings. The number of nitrogens with two attached hydrogens (primary N) is 1. The summed E-state index contributed by atoms with van der Waals surface area (Å²) in [5.41, 5.74) is 5.67. The first-order valence-electron chi connectivity index (χ1n) is 5.98. The van der Waals surface area contributed by atoms with Gasteiger partial charge in [0.1, 0.15) is 5.78 Å². The third-order valence-corrected chi connectivity index (χ3v) is 3.11. The van der Waals surface area contributed by atoms with Crippen molar-refractivity contribution in [3.05, 3.63) is 0 Å². The average molecular weight is 213 g/mol. The fourth-order valence-corrected chi connectivity index (χ4v) is 2.05. The first-order chi connectivity index (χ1) is 7.11. The third kappa shape index (κ3) is 4.31. The second-order valence-electron chi connectivity index (χ2n) is 4.77. The van der Waals surface area contributed by atoms with E-state index in [-0.39, 0.29) is 17.9 Å². The molecule has 3 unspecified atom stereocenters. The molecule has 3 atom stereocenters. The van der Waals surface area contributed by atoms with Crippen LogP contribution in [0.3, 0.4) is 0 Å². The lowest BCUT2D eigenvalue weighted by molar-refractivity contribution is -0.126. The molecule has 0 aliphatic carbocycles. The van der Waals surface area contributed by atoms with E-state index in [1.54, 1.807) is 0 Å². The predicted octanol–water partition coefficient (Wildman–Crippen LogP) is 1.75. The molecule has 0 bridgehead atoms. The quantitative estimate of drug-likeness (QED) is 0.731. The number of ether oxygens (including phenoxy) is 1. The number of ketones is 1. The molecule has 1 heterocycles. The molecule has 1 aliphatic rings. The summed E-state index contributed by atoms with van der Waals surface area (Å²) in [5.74, 6) is 0.725. The fourth-order valence-electron chi connectivity index (χ4n) is 2.05. The molecule has 3 nitrogen and oxygen atoms in total. The summed E-state index contributed by atoms with van der Waals surface area (Å²) >= 11 is 0. The van der Waals surface area contributed by atoms with E-state index in [2.05, 4.69) is 0 Å². The van der Waals surface area contributed by atoms with Gasteiger partial charge in [-0.15, -0.1) is 0 Å².